The summed E-state index contributed by atoms with van der Waals surface area (Å²) in [5, 5.41) is 12.2. The quantitative estimate of drug-likeness (QED) is 0.921. The minimum Gasteiger partial charge on any atom is -0.355 e. The molecule has 1 saturated heterocycles. The van der Waals surface area contributed by atoms with E-state index < -0.39 is 0 Å². The predicted molar refractivity (Wildman–Crippen MR) is 83.9 cm³/mol. The van der Waals surface area contributed by atoms with Crippen molar-refractivity contribution in [2.24, 2.45) is 5.41 Å². The number of aromatic nitrogens is 2. The molecule has 0 saturated carbocycles. The lowest BCUT2D eigenvalue weighted by Gasteiger charge is -2.37. The Bertz CT molecular complexity index is 421. The van der Waals surface area contributed by atoms with Crippen LogP contribution in [0.25, 0.3) is 0 Å². The second-order valence-electron chi connectivity index (χ2n) is 7.64. The molecule has 0 bridgehead atoms. The molecule has 4 heteroatoms. The largest absolute Gasteiger partial charge is 0.355 e. The number of hydrogen-bond donors (Lipinski definition) is 1. The molecule has 20 heavy (non-hydrogen) atoms. The van der Waals surface area contributed by atoms with Gasteiger partial charge in [0.1, 0.15) is 0 Å². The molecule has 0 amide bonds. The Morgan fingerprint density at radius 2 is 1.80 bits per heavy atom. The van der Waals surface area contributed by atoms with Crippen LogP contribution in [0.3, 0.4) is 0 Å². The van der Waals surface area contributed by atoms with E-state index >= 15 is 0 Å². The number of nitrogens with one attached hydrogen (secondary N) is 1. The van der Waals surface area contributed by atoms with Gasteiger partial charge in [-0.25, -0.2) is 0 Å². The maximum Gasteiger partial charge on any atom is 0.151 e. The Labute approximate surface area is 123 Å². The molecule has 0 aliphatic carbocycles. The normalized spacial score (nSPS) is 19.1. The summed E-state index contributed by atoms with van der Waals surface area (Å²) < 4.78 is 0. The van der Waals surface area contributed by atoms with Gasteiger partial charge in [-0.1, -0.05) is 13.8 Å². The first-order chi connectivity index (χ1) is 9.25. The van der Waals surface area contributed by atoms with Crippen LogP contribution in [0.1, 0.15) is 53.2 Å². The third kappa shape index (κ3) is 4.44. The number of nitrogens with zero attached hydrogens (tertiary/aromatic N) is 3. The average Bonchev–Trinajstić information content (AvgIpc) is 2.36. The number of anilines is 1. The van der Waals surface area contributed by atoms with E-state index in [2.05, 4.69) is 67.2 Å². The number of rotatable bonds is 3. The predicted octanol–water partition coefficient (Wildman–Crippen LogP) is 2.99. The highest BCUT2D eigenvalue weighted by Crippen LogP contribution is 2.31. The van der Waals surface area contributed by atoms with Crippen molar-refractivity contribution in [1.82, 2.24) is 15.5 Å². The number of hydrogen-bond acceptors (Lipinski definition) is 4. The van der Waals surface area contributed by atoms with Crippen LogP contribution in [0.15, 0.2) is 12.1 Å². The summed E-state index contributed by atoms with van der Waals surface area (Å²) in [4.78, 5) is 2.35. The molecule has 1 aromatic rings. The van der Waals surface area contributed by atoms with Crippen LogP contribution in [0, 0.1) is 5.41 Å². The number of piperidine rings is 1. The SMILES string of the molecule is CC1(C)CCN(c2ccc(CNC(C)(C)C)nn2)CC1. The van der Waals surface area contributed by atoms with Gasteiger partial charge in [-0.2, -0.15) is 5.10 Å². The molecule has 0 unspecified atom stereocenters. The molecular weight excluding hydrogens is 248 g/mol. The van der Waals surface area contributed by atoms with Crippen LogP contribution in [0.2, 0.25) is 0 Å². The summed E-state index contributed by atoms with van der Waals surface area (Å²) >= 11 is 0. The fourth-order valence-electron chi connectivity index (χ4n) is 2.31. The van der Waals surface area contributed by atoms with Gasteiger partial charge >= 0.3 is 0 Å². The minimum atomic E-state index is 0.110. The van der Waals surface area contributed by atoms with Gasteiger partial charge in [-0.3, -0.25) is 0 Å². The summed E-state index contributed by atoms with van der Waals surface area (Å²) in [6.45, 7) is 14.1. The van der Waals surface area contributed by atoms with Crippen molar-refractivity contribution in [3.05, 3.63) is 17.8 Å². The lowest BCUT2D eigenvalue weighted by atomic mass is 9.83. The van der Waals surface area contributed by atoms with E-state index in [0.29, 0.717) is 5.41 Å². The van der Waals surface area contributed by atoms with Crippen molar-refractivity contribution >= 4 is 5.82 Å². The van der Waals surface area contributed by atoms with E-state index in [-0.39, 0.29) is 5.54 Å². The third-order valence-electron chi connectivity index (χ3n) is 3.95. The fourth-order valence-corrected chi connectivity index (χ4v) is 2.31. The average molecular weight is 276 g/mol. The molecule has 112 valence electrons. The lowest BCUT2D eigenvalue weighted by Crippen LogP contribution is -2.38. The molecular formula is C16H28N4. The maximum absolute atomic E-state index is 4.39. The molecule has 1 aliphatic heterocycles. The van der Waals surface area contributed by atoms with Crippen molar-refractivity contribution in [3.8, 4) is 0 Å². The zero-order valence-corrected chi connectivity index (χ0v) is 13.5. The zero-order chi connectivity index (χ0) is 14.8. The second-order valence-corrected chi connectivity index (χ2v) is 7.64. The molecule has 0 spiro atoms. The van der Waals surface area contributed by atoms with E-state index in [1.165, 1.54) is 12.8 Å². The highest BCUT2D eigenvalue weighted by molar-refractivity contribution is 5.37. The first-order valence-corrected chi connectivity index (χ1v) is 7.58. The van der Waals surface area contributed by atoms with Crippen LogP contribution in [-0.2, 0) is 6.54 Å². The van der Waals surface area contributed by atoms with Gasteiger partial charge in [0.05, 0.1) is 5.69 Å². The maximum atomic E-state index is 4.39. The lowest BCUT2D eigenvalue weighted by molar-refractivity contribution is 0.279. The van der Waals surface area contributed by atoms with E-state index in [4.69, 9.17) is 0 Å². The molecule has 1 N–H and O–H groups in total. The van der Waals surface area contributed by atoms with Gasteiger partial charge < -0.3 is 10.2 Å². The van der Waals surface area contributed by atoms with Crippen molar-refractivity contribution < 1.29 is 0 Å². The topological polar surface area (TPSA) is 41.0 Å². The van der Waals surface area contributed by atoms with Crippen molar-refractivity contribution in [1.29, 1.82) is 0 Å². The zero-order valence-electron chi connectivity index (χ0n) is 13.5. The highest BCUT2D eigenvalue weighted by Gasteiger charge is 2.26. The van der Waals surface area contributed by atoms with Crippen LogP contribution in [-0.4, -0.2) is 28.8 Å². The van der Waals surface area contributed by atoms with E-state index in [1.54, 1.807) is 0 Å². The van der Waals surface area contributed by atoms with Gasteiger partial charge in [0.2, 0.25) is 0 Å². The Morgan fingerprint density at radius 3 is 2.30 bits per heavy atom. The Hall–Kier alpha value is -1.16. The molecule has 2 heterocycles. The first-order valence-electron chi connectivity index (χ1n) is 7.58. The molecule has 0 aromatic carbocycles. The third-order valence-corrected chi connectivity index (χ3v) is 3.95. The summed E-state index contributed by atoms with van der Waals surface area (Å²) in [7, 11) is 0. The van der Waals surface area contributed by atoms with Crippen LogP contribution in [0.5, 0.6) is 0 Å². The molecule has 1 fully saturated rings. The van der Waals surface area contributed by atoms with Crippen LogP contribution < -0.4 is 10.2 Å². The Kier molecular flexibility index (Phi) is 4.33. The van der Waals surface area contributed by atoms with Gasteiger partial charge in [-0.05, 0) is 51.2 Å². The Balaban J connectivity index is 1.92. The standard InChI is InChI=1S/C16H28N4/c1-15(2,3)17-12-13-6-7-14(19-18-13)20-10-8-16(4,5)9-11-20/h6-7,17H,8-12H2,1-5H3. The smallest absolute Gasteiger partial charge is 0.151 e. The summed E-state index contributed by atoms with van der Waals surface area (Å²) in [6, 6.07) is 4.19. The highest BCUT2D eigenvalue weighted by atomic mass is 15.3. The second kappa shape index (κ2) is 5.68. The van der Waals surface area contributed by atoms with Gasteiger partial charge in [0.15, 0.2) is 5.82 Å². The molecule has 1 aliphatic rings. The Morgan fingerprint density at radius 1 is 1.15 bits per heavy atom. The van der Waals surface area contributed by atoms with E-state index in [0.717, 1.165) is 31.1 Å². The van der Waals surface area contributed by atoms with Gasteiger partial charge in [0, 0.05) is 25.2 Å². The van der Waals surface area contributed by atoms with E-state index in [1.807, 2.05) is 0 Å². The molecule has 0 atom stereocenters. The van der Waals surface area contributed by atoms with Crippen molar-refractivity contribution in [2.75, 3.05) is 18.0 Å². The van der Waals surface area contributed by atoms with E-state index in [9.17, 15) is 0 Å². The summed E-state index contributed by atoms with van der Waals surface area (Å²) in [6.07, 6.45) is 2.45. The molecule has 1 aromatic heterocycles. The summed E-state index contributed by atoms with van der Waals surface area (Å²) in [5.41, 5.74) is 1.58. The van der Waals surface area contributed by atoms with Crippen molar-refractivity contribution in [3.63, 3.8) is 0 Å². The van der Waals surface area contributed by atoms with Crippen molar-refractivity contribution in [2.45, 2.75) is 59.5 Å². The fraction of sp³-hybridized carbons (Fsp3) is 0.750. The van der Waals surface area contributed by atoms with Crippen LogP contribution >= 0.6 is 0 Å². The molecule has 0 radical (unpaired) electrons. The first kappa shape index (κ1) is 15.2. The van der Waals surface area contributed by atoms with Gasteiger partial charge in [-0.15, -0.1) is 5.10 Å². The van der Waals surface area contributed by atoms with Gasteiger partial charge in [0.25, 0.3) is 0 Å². The minimum absolute atomic E-state index is 0.110. The monoisotopic (exact) mass is 276 g/mol. The van der Waals surface area contributed by atoms with Crippen LogP contribution in [0.4, 0.5) is 5.82 Å². The summed E-state index contributed by atoms with van der Waals surface area (Å²) in [5.74, 6) is 1.01. The molecule has 4 nitrogen and oxygen atoms in total. The molecule has 2 rings (SSSR count).